The third-order valence-electron chi connectivity index (χ3n) is 4.39. The number of carboxylic acids is 1. The van der Waals surface area contributed by atoms with Crippen LogP contribution >= 0.6 is 0 Å². The van der Waals surface area contributed by atoms with Crippen molar-refractivity contribution >= 4 is 5.97 Å². The van der Waals surface area contributed by atoms with Crippen molar-refractivity contribution < 1.29 is 9.90 Å². The number of aliphatic carboxylic acids is 1. The minimum absolute atomic E-state index is 0.371. The van der Waals surface area contributed by atoms with Crippen molar-refractivity contribution in [2.24, 2.45) is 5.92 Å². The van der Waals surface area contributed by atoms with E-state index in [1.54, 1.807) is 0 Å². The number of rotatable bonds is 4. The van der Waals surface area contributed by atoms with E-state index < -0.39 is 5.97 Å². The highest BCUT2D eigenvalue weighted by molar-refractivity contribution is 5.67. The van der Waals surface area contributed by atoms with Crippen LogP contribution in [0.1, 0.15) is 64.2 Å². The van der Waals surface area contributed by atoms with Gasteiger partial charge in [0.1, 0.15) is 0 Å². The molecule has 0 radical (unpaired) electrons. The maximum Gasteiger partial charge on any atom is 0.303 e. The molecule has 0 amide bonds. The molecule has 2 saturated carbocycles. The average Bonchev–Trinajstić information content (AvgIpc) is 2.32. The molecule has 2 aliphatic rings. The lowest BCUT2D eigenvalue weighted by atomic mass is 9.83. The van der Waals surface area contributed by atoms with Gasteiger partial charge in [-0.15, -0.1) is 0 Å². The first-order valence-electron chi connectivity index (χ1n) is 7.22. The molecule has 0 heterocycles. The van der Waals surface area contributed by atoms with E-state index in [4.69, 9.17) is 5.11 Å². The molecule has 0 aromatic carbocycles. The molecule has 98 valence electrons. The van der Waals surface area contributed by atoms with E-state index in [0.717, 1.165) is 18.9 Å². The van der Waals surface area contributed by atoms with Crippen molar-refractivity contribution in [3.8, 4) is 0 Å². The smallest absolute Gasteiger partial charge is 0.303 e. The molecule has 0 spiro atoms. The monoisotopic (exact) mass is 239 g/mol. The molecule has 2 aliphatic carbocycles. The third-order valence-corrected chi connectivity index (χ3v) is 4.39. The van der Waals surface area contributed by atoms with Crippen molar-refractivity contribution in [1.29, 1.82) is 0 Å². The van der Waals surface area contributed by atoms with Gasteiger partial charge in [0.05, 0.1) is 0 Å². The summed E-state index contributed by atoms with van der Waals surface area (Å²) in [5, 5.41) is 12.6. The van der Waals surface area contributed by atoms with E-state index in [2.05, 4.69) is 5.32 Å². The Morgan fingerprint density at radius 1 is 0.941 bits per heavy atom. The van der Waals surface area contributed by atoms with Gasteiger partial charge in [-0.3, -0.25) is 4.79 Å². The predicted octanol–water partition coefficient (Wildman–Crippen LogP) is 2.94. The van der Waals surface area contributed by atoms with Crippen LogP contribution in [0, 0.1) is 5.92 Å². The minimum Gasteiger partial charge on any atom is -0.481 e. The van der Waals surface area contributed by atoms with Gasteiger partial charge in [-0.25, -0.2) is 0 Å². The molecular weight excluding hydrogens is 214 g/mol. The SMILES string of the molecule is O=C(O)CC1CCC(NC2CCCCC2)CC1. The first-order chi connectivity index (χ1) is 8.24. The van der Waals surface area contributed by atoms with Gasteiger partial charge in [-0.1, -0.05) is 19.3 Å². The Labute approximate surface area is 104 Å². The Hall–Kier alpha value is -0.570. The molecular formula is C14H25NO2. The number of carboxylic acid groups (broad SMARTS) is 1. The Balaban J connectivity index is 1.66. The summed E-state index contributed by atoms with van der Waals surface area (Å²) in [6, 6.07) is 1.40. The first kappa shape index (κ1) is 12.9. The molecule has 3 nitrogen and oxygen atoms in total. The number of hydrogen-bond donors (Lipinski definition) is 2. The lowest BCUT2D eigenvalue weighted by molar-refractivity contribution is -0.138. The molecule has 0 aliphatic heterocycles. The second-order valence-electron chi connectivity index (χ2n) is 5.82. The molecule has 0 atom stereocenters. The van der Waals surface area contributed by atoms with E-state index in [1.165, 1.54) is 44.9 Å². The largest absolute Gasteiger partial charge is 0.481 e. The highest BCUT2D eigenvalue weighted by atomic mass is 16.4. The summed E-state index contributed by atoms with van der Waals surface area (Å²) in [4.78, 5) is 10.7. The van der Waals surface area contributed by atoms with E-state index in [0.29, 0.717) is 18.4 Å². The highest BCUT2D eigenvalue weighted by Gasteiger charge is 2.25. The minimum atomic E-state index is -0.631. The van der Waals surface area contributed by atoms with Crippen LogP contribution in [0.2, 0.25) is 0 Å². The fraction of sp³-hybridized carbons (Fsp3) is 0.929. The van der Waals surface area contributed by atoms with Gasteiger partial charge in [0.15, 0.2) is 0 Å². The Morgan fingerprint density at radius 3 is 2.12 bits per heavy atom. The lowest BCUT2D eigenvalue weighted by Gasteiger charge is -2.33. The predicted molar refractivity (Wildman–Crippen MR) is 68.0 cm³/mol. The molecule has 3 heteroatoms. The summed E-state index contributed by atoms with van der Waals surface area (Å²) in [5.41, 5.74) is 0. The summed E-state index contributed by atoms with van der Waals surface area (Å²) in [6.45, 7) is 0. The van der Waals surface area contributed by atoms with Crippen molar-refractivity contribution in [2.75, 3.05) is 0 Å². The van der Waals surface area contributed by atoms with Crippen LogP contribution in [-0.2, 0) is 4.79 Å². The second kappa shape index (κ2) is 6.39. The van der Waals surface area contributed by atoms with Crippen LogP contribution in [-0.4, -0.2) is 23.2 Å². The highest BCUT2D eigenvalue weighted by Crippen LogP contribution is 2.28. The average molecular weight is 239 g/mol. The van der Waals surface area contributed by atoms with Crippen LogP contribution in [0.25, 0.3) is 0 Å². The first-order valence-corrected chi connectivity index (χ1v) is 7.22. The molecule has 0 aromatic heterocycles. The van der Waals surface area contributed by atoms with Gasteiger partial charge in [-0.2, -0.15) is 0 Å². The van der Waals surface area contributed by atoms with Gasteiger partial charge in [0.2, 0.25) is 0 Å². The topological polar surface area (TPSA) is 49.3 Å². The van der Waals surface area contributed by atoms with Crippen molar-refractivity contribution in [3.63, 3.8) is 0 Å². The zero-order valence-electron chi connectivity index (χ0n) is 10.7. The van der Waals surface area contributed by atoms with Gasteiger partial charge in [-0.05, 0) is 44.4 Å². The Bertz CT molecular complexity index is 241. The maximum atomic E-state index is 10.7. The van der Waals surface area contributed by atoms with Gasteiger partial charge >= 0.3 is 5.97 Å². The number of hydrogen-bond acceptors (Lipinski definition) is 2. The van der Waals surface area contributed by atoms with Crippen LogP contribution in [0.5, 0.6) is 0 Å². The molecule has 0 saturated heterocycles. The number of nitrogens with one attached hydrogen (secondary N) is 1. The summed E-state index contributed by atoms with van der Waals surface area (Å²) < 4.78 is 0. The summed E-state index contributed by atoms with van der Waals surface area (Å²) in [6.07, 6.45) is 11.8. The number of carbonyl (C=O) groups is 1. The van der Waals surface area contributed by atoms with E-state index >= 15 is 0 Å². The fourth-order valence-electron chi connectivity index (χ4n) is 3.38. The normalized spacial score (nSPS) is 31.3. The standard InChI is InChI=1S/C14H25NO2/c16-14(17)10-11-6-8-13(9-7-11)15-12-4-2-1-3-5-12/h11-13,15H,1-10H2,(H,16,17). The molecule has 2 N–H and O–H groups in total. The molecule has 0 bridgehead atoms. The van der Waals surface area contributed by atoms with Crippen molar-refractivity contribution in [2.45, 2.75) is 76.3 Å². The third kappa shape index (κ3) is 4.30. The van der Waals surface area contributed by atoms with E-state index in [9.17, 15) is 4.79 Å². The van der Waals surface area contributed by atoms with E-state index in [-0.39, 0.29) is 0 Å². The summed E-state index contributed by atoms with van der Waals surface area (Å²) in [7, 11) is 0. The van der Waals surface area contributed by atoms with Crippen LogP contribution in [0.3, 0.4) is 0 Å². The fourth-order valence-corrected chi connectivity index (χ4v) is 3.38. The van der Waals surface area contributed by atoms with Crippen LogP contribution in [0.15, 0.2) is 0 Å². The molecule has 0 unspecified atom stereocenters. The van der Waals surface area contributed by atoms with E-state index in [1.807, 2.05) is 0 Å². The van der Waals surface area contributed by atoms with Crippen LogP contribution in [0.4, 0.5) is 0 Å². The van der Waals surface area contributed by atoms with Gasteiger partial charge < -0.3 is 10.4 Å². The Kier molecular flexibility index (Phi) is 4.84. The Morgan fingerprint density at radius 2 is 1.53 bits per heavy atom. The van der Waals surface area contributed by atoms with Gasteiger partial charge in [0.25, 0.3) is 0 Å². The molecule has 0 aromatic rings. The second-order valence-corrected chi connectivity index (χ2v) is 5.82. The van der Waals surface area contributed by atoms with Crippen molar-refractivity contribution in [1.82, 2.24) is 5.32 Å². The molecule has 17 heavy (non-hydrogen) atoms. The van der Waals surface area contributed by atoms with Crippen LogP contribution < -0.4 is 5.32 Å². The zero-order valence-corrected chi connectivity index (χ0v) is 10.7. The zero-order chi connectivity index (χ0) is 12.1. The summed E-state index contributed by atoms with van der Waals surface area (Å²) in [5.74, 6) is -0.203. The van der Waals surface area contributed by atoms with Gasteiger partial charge in [0, 0.05) is 18.5 Å². The molecule has 2 rings (SSSR count). The summed E-state index contributed by atoms with van der Waals surface area (Å²) >= 11 is 0. The molecule has 2 fully saturated rings. The lowest BCUT2D eigenvalue weighted by Crippen LogP contribution is -2.41. The van der Waals surface area contributed by atoms with Crippen molar-refractivity contribution in [3.05, 3.63) is 0 Å². The quantitative estimate of drug-likeness (QED) is 0.793. The maximum absolute atomic E-state index is 10.7.